The molecule has 0 amide bonds. The lowest BCUT2D eigenvalue weighted by molar-refractivity contribution is 0.0358. The number of morpholine rings is 1. The van der Waals surface area contributed by atoms with Gasteiger partial charge in [-0.25, -0.2) is 4.68 Å². The Morgan fingerprint density at radius 2 is 1.91 bits per heavy atom. The molecule has 6 nitrogen and oxygen atoms in total. The predicted molar refractivity (Wildman–Crippen MR) is 89.7 cm³/mol. The summed E-state index contributed by atoms with van der Waals surface area (Å²) in [6, 6.07) is 8.06. The molecular weight excluding hydrogens is 292 g/mol. The lowest BCUT2D eigenvalue weighted by Gasteiger charge is -2.26. The van der Waals surface area contributed by atoms with Crippen molar-refractivity contribution >= 4 is 21.8 Å². The largest absolute Gasteiger partial charge is 0.379 e. The molecular formula is C17H20N4O2. The number of benzene rings is 1. The molecule has 0 N–H and O–H groups in total. The number of aromatic nitrogens is 3. The first-order chi connectivity index (χ1) is 11.3. The molecule has 23 heavy (non-hydrogen) atoms. The van der Waals surface area contributed by atoms with Crippen molar-refractivity contribution in [1.29, 1.82) is 0 Å². The molecule has 0 atom stereocenters. The molecule has 1 aliphatic heterocycles. The molecule has 0 radical (unpaired) electrons. The van der Waals surface area contributed by atoms with Gasteiger partial charge in [-0.3, -0.25) is 9.69 Å². The summed E-state index contributed by atoms with van der Waals surface area (Å²) in [6.07, 6.45) is 1.82. The van der Waals surface area contributed by atoms with Crippen molar-refractivity contribution in [3.63, 3.8) is 0 Å². The quantitative estimate of drug-likeness (QED) is 0.730. The fourth-order valence-corrected chi connectivity index (χ4v) is 3.33. The van der Waals surface area contributed by atoms with Crippen LogP contribution in [-0.4, -0.2) is 52.1 Å². The fraction of sp³-hybridized carbons (Fsp3) is 0.412. The summed E-state index contributed by atoms with van der Waals surface area (Å²) in [5.74, 6) is 0. The van der Waals surface area contributed by atoms with Gasteiger partial charge in [-0.05, 0) is 6.07 Å². The highest BCUT2D eigenvalue weighted by Crippen LogP contribution is 2.24. The lowest BCUT2D eigenvalue weighted by atomic mass is 10.2. The van der Waals surface area contributed by atoms with Crippen LogP contribution in [0.3, 0.4) is 0 Å². The molecule has 1 aromatic carbocycles. The first-order valence-electron chi connectivity index (χ1n) is 7.99. The van der Waals surface area contributed by atoms with Gasteiger partial charge in [0, 0.05) is 43.0 Å². The van der Waals surface area contributed by atoms with Gasteiger partial charge in [-0.1, -0.05) is 18.2 Å². The average Bonchev–Trinajstić information content (AvgIpc) is 2.89. The molecule has 3 heterocycles. The van der Waals surface area contributed by atoms with Crippen molar-refractivity contribution in [1.82, 2.24) is 19.2 Å². The van der Waals surface area contributed by atoms with Crippen molar-refractivity contribution in [2.75, 3.05) is 32.8 Å². The zero-order valence-corrected chi connectivity index (χ0v) is 13.2. The van der Waals surface area contributed by atoms with E-state index in [0.29, 0.717) is 6.54 Å². The summed E-state index contributed by atoms with van der Waals surface area (Å²) in [5.41, 5.74) is 1.77. The van der Waals surface area contributed by atoms with Crippen LogP contribution in [0.1, 0.15) is 0 Å². The third-order valence-electron chi connectivity index (χ3n) is 4.64. The molecule has 4 rings (SSSR count). The van der Waals surface area contributed by atoms with Crippen molar-refractivity contribution in [3.8, 4) is 0 Å². The molecule has 1 fully saturated rings. The molecule has 2 aromatic heterocycles. The topological polar surface area (TPSA) is 52.3 Å². The van der Waals surface area contributed by atoms with Gasteiger partial charge >= 0.3 is 0 Å². The molecule has 1 saturated heterocycles. The SMILES string of the molecule is Cn1c2ccccc2c2cnn(CCN3CCOCC3)c(=O)c21. The van der Waals surface area contributed by atoms with E-state index in [2.05, 4.69) is 10.00 Å². The van der Waals surface area contributed by atoms with E-state index in [1.165, 1.54) is 0 Å². The molecule has 0 spiro atoms. The number of aryl methyl sites for hydroxylation is 1. The number of para-hydroxylation sites is 1. The van der Waals surface area contributed by atoms with E-state index < -0.39 is 0 Å². The van der Waals surface area contributed by atoms with Gasteiger partial charge in [0.2, 0.25) is 0 Å². The third-order valence-corrected chi connectivity index (χ3v) is 4.64. The van der Waals surface area contributed by atoms with Crippen LogP contribution in [0.2, 0.25) is 0 Å². The van der Waals surface area contributed by atoms with Gasteiger partial charge in [0.05, 0.1) is 26.0 Å². The minimum Gasteiger partial charge on any atom is -0.379 e. The number of hydrogen-bond acceptors (Lipinski definition) is 4. The van der Waals surface area contributed by atoms with Crippen LogP contribution in [0.4, 0.5) is 0 Å². The zero-order chi connectivity index (χ0) is 15.8. The zero-order valence-electron chi connectivity index (χ0n) is 13.2. The Balaban J connectivity index is 1.71. The van der Waals surface area contributed by atoms with Gasteiger partial charge in [0.1, 0.15) is 5.52 Å². The van der Waals surface area contributed by atoms with Crippen molar-refractivity contribution in [2.45, 2.75) is 6.54 Å². The minimum atomic E-state index is -0.0190. The van der Waals surface area contributed by atoms with E-state index in [1.807, 2.05) is 42.1 Å². The molecule has 120 valence electrons. The predicted octanol–water partition coefficient (Wildman–Crippen LogP) is 1.22. The van der Waals surface area contributed by atoms with Crippen LogP contribution in [0, 0.1) is 0 Å². The summed E-state index contributed by atoms with van der Waals surface area (Å²) in [4.78, 5) is 15.1. The molecule has 0 bridgehead atoms. The summed E-state index contributed by atoms with van der Waals surface area (Å²) in [5, 5.41) is 6.39. The van der Waals surface area contributed by atoms with E-state index in [9.17, 15) is 4.79 Å². The monoisotopic (exact) mass is 312 g/mol. The normalized spacial score (nSPS) is 16.4. The highest BCUT2D eigenvalue weighted by atomic mass is 16.5. The third kappa shape index (κ3) is 2.44. The van der Waals surface area contributed by atoms with Crippen LogP contribution in [0.25, 0.3) is 21.8 Å². The Kier molecular flexibility index (Phi) is 3.63. The lowest BCUT2D eigenvalue weighted by Crippen LogP contribution is -2.39. The second kappa shape index (κ2) is 5.79. The van der Waals surface area contributed by atoms with Crippen LogP contribution in [0.5, 0.6) is 0 Å². The number of fused-ring (bicyclic) bond motifs is 3. The van der Waals surface area contributed by atoms with Crippen LogP contribution >= 0.6 is 0 Å². The van der Waals surface area contributed by atoms with Gasteiger partial charge in [0.15, 0.2) is 0 Å². The highest BCUT2D eigenvalue weighted by Gasteiger charge is 2.15. The molecule has 0 aliphatic carbocycles. The molecule has 6 heteroatoms. The van der Waals surface area contributed by atoms with E-state index in [0.717, 1.165) is 54.7 Å². The molecule has 3 aromatic rings. The van der Waals surface area contributed by atoms with E-state index in [1.54, 1.807) is 4.68 Å². The van der Waals surface area contributed by atoms with Crippen LogP contribution in [-0.2, 0) is 18.3 Å². The van der Waals surface area contributed by atoms with Gasteiger partial charge in [0.25, 0.3) is 5.56 Å². The van der Waals surface area contributed by atoms with Crippen molar-refractivity contribution < 1.29 is 4.74 Å². The number of rotatable bonds is 3. The second-order valence-electron chi connectivity index (χ2n) is 5.97. The van der Waals surface area contributed by atoms with E-state index in [-0.39, 0.29) is 5.56 Å². The Morgan fingerprint density at radius 1 is 1.13 bits per heavy atom. The van der Waals surface area contributed by atoms with E-state index >= 15 is 0 Å². The second-order valence-corrected chi connectivity index (χ2v) is 5.97. The summed E-state index contributed by atoms with van der Waals surface area (Å²) >= 11 is 0. The standard InChI is InChI=1S/C17H20N4O2/c1-19-15-5-3-2-4-13(15)14-12-18-21(17(22)16(14)19)7-6-20-8-10-23-11-9-20/h2-5,12H,6-11H2,1H3. The maximum atomic E-state index is 12.8. The Hall–Kier alpha value is -2.18. The summed E-state index contributed by atoms with van der Waals surface area (Å²) in [6.45, 7) is 4.81. The van der Waals surface area contributed by atoms with Gasteiger partial charge < -0.3 is 9.30 Å². The Bertz CT molecular complexity index is 906. The van der Waals surface area contributed by atoms with E-state index in [4.69, 9.17) is 4.74 Å². The maximum absolute atomic E-state index is 12.8. The minimum absolute atomic E-state index is 0.0190. The fourth-order valence-electron chi connectivity index (χ4n) is 3.33. The first kappa shape index (κ1) is 14.4. The van der Waals surface area contributed by atoms with Crippen LogP contribution < -0.4 is 5.56 Å². The first-order valence-corrected chi connectivity index (χ1v) is 7.99. The number of nitrogens with zero attached hydrogens (tertiary/aromatic N) is 4. The highest BCUT2D eigenvalue weighted by molar-refractivity contribution is 6.07. The maximum Gasteiger partial charge on any atom is 0.291 e. The smallest absolute Gasteiger partial charge is 0.291 e. The summed E-state index contributed by atoms with van der Waals surface area (Å²) in [7, 11) is 1.94. The number of ether oxygens (including phenoxy) is 1. The average molecular weight is 312 g/mol. The van der Waals surface area contributed by atoms with Crippen molar-refractivity contribution in [3.05, 3.63) is 40.8 Å². The molecule has 0 saturated carbocycles. The van der Waals surface area contributed by atoms with Crippen molar-refractivity contribution in [2.24, 2.45) is 7.05 Å². The number of hydrogen-bond donors (Lipinski definition) is 0. The Labute approximate surface area is 133 Å². The Morgan fingerprint density at radius 3 is 2.74 bits per heavy atom. The summed E-state index contributed by atoms with van der Waals surface area (Å²) < 4.78 is 8.91. The molecule has 1 aliphatic rings. The van der Waals surface area contributed by atoms with Gasteiger partial charge in [-0.15, -0.1) is 0 Å². The molecule has 0 unspecified atom stereocenters. The van der Waals surface area contributed by atoms with Gasteiger partial charge in [-0.2, -0.15) is 5.10 Å². The van der Waals surface area contributed by atoms with Crippen LogP contribution in [0.15, 0.2) is 35.3 Å².